The number of rotatable bonds is 1. The van der Waals surface area contributed by atoms with Gasteiger partial charge in [-0.25, -0.2) is 0 Å². The summed E-state index contributed by atoms with van der Waals surface area (Å²) in [5.41, 5.74) is 9.30. The average Bonchev–Trinajstić information content (AvgIpc) is 1.63. The maximum Gasteiger partial charge on any atom is 0.293 e. The van der Waals surface area contributed by atoms with Crippen LogP contribution >= 0.6 is 0 Å². The van der Waals surface area contributed by atoms with Gasteiger partial charge in [-0.1, -0.05) is 5.92 Å². The molecule has 0 aliphatic heterocycles. The number of primary amides is 2. The van der Waals surface area contributed by atoms with Crippen molar-refractivity contribution in [3.8, 4) is 11.8 Å². The highest BCUT2D eigenvalue weighted by Crippen LogP contribution is 1.68. The third kappa shape index (κ3) is 6.50. The summed E-state index contributed by atoms with van der Waals surface area (Å²) in [6.45, 7) is 0. The minimum absolute atomic E-state index is 0.122. The molecule has 9 heavy (non-hydrogen) atoms. The molecular weight excluding hydrogens is 120 g/mol. The van der Waals surface area contributed by atoms with Gasteiger partial charge >= 0.3 is 0 Å². The Bertz CT molecular complexity index is 187. The molecule has 4 heteroatoms. The van der Waals surface area contributed by atoms with Gasteiger partial charge in [-0.3, -0.25) is 9.59 Å². The molecule has 0 aliphatic carbocycles. The summed E-state index contributed by atoms with van der Waals surface area (Å²) in [7, 11) is 0. The first-order chi connectivity index (χ1) is 4.13. The Hall–Kier alpha value is -1.50. The van der Waals surface area contributed by atoms with Crippen LogP contribution in [0.25, 0.3) is 0 Å². The highest BCUT2D eigenvalue weighted by atomic mass is 16.1. The van der Waals surface area contributed by atoms with Gasteiger partial charge in [0.15, 0.2) is 0 Å². The van der Waals surface area contributed by atoms with Crippen molar-refractivity contribution in [1.29, 1.82) is 0 Å². The van der Waals surface area contributed by atoms with Crippen LogP contribution in [0.4, 0.5) is 0 Å². The van der Waals surface area contributed by atoms with Crippen molar-refractivity contribution in [2.45, 2.75) is 6.42 Å². The van der Waals surface area contributed by atoms with Crippen molar-refractivity contribution < 1.29 is 9.59 Å². The van der Waals surface area contributed by atoms with Crippen LogP contribution in [0.5, 0.6) is 0 Å². The van der Waals surface area contributed by atoms with Crippen molar-refractivity contribution in [3.05, 3.63) is 0 Å². The van der Waals surface area contributed by atoms with Crippen molar-refractivity contribution in [2.75, 3.05) is 0 Å². The maximum absolute atomic E-state index is 9.95. The molecule has 0 bridgehead atoms. The van der Waals surface area contributed by atoms with Crippen molar-refractivity contribution in [1.82, 2.24) is 0 Å². The van der Waals surface area contributed by atoms with E-state index in [1.54, 1.807) is 0 Å². The molecule has 0 unspecified atom stereocenters. The summed E-state index contributed by atoms with van der Waals surface area (Å²) in [5, 5.41) is 0. The van der Waals surface area contributed by atoms with Crippen LogP contribution in [0.2, 0.25) is 0 Å². The van der Waals surface area contributed by atoms with E-state index in [9.17, 15) is 9.59 Å². The first-order valence-electron chi connectivity index (χ1n) is 2.19. The van der Waals surface area contributed by atoms with Crippen molar-refractivity contribution in [3.63, 3.8) is 0 Å². The van der Waals surface area contributed by atoms with Gasteiger partial charge in [-0.15, -0.1) is 0 Å². The fraction of sp³-hybridized carbons (Fsp3) is 0.200. The lowest BCUT2D eigenvalue weighted by Gasteiger charge is -1.77. The summed E-state index contributed by atoms with van der Waals surface area (Å²) in [6.07, 6.45) is -0.122. The predicted molar refractivity (Wildman–Crippen MR) is 30.8 cm³/mol. The summed E-state index contributed by atoms with van der Waals surface area (Å²) in [6, 6.07) is 0. The zero-order valence-electron chi connectivity index (χ0n) is 4.68. The molecule has 0 saturated carbocycles. The Morgan fingerprint density at radius 1 is 1.33 bits per heavy atom. The van der Waals surface area contributed by atoms with E-state index in [4.69, 9.17) is 0 Å². The molecule has 0 rings (SSSR count). The molecule has 0 fully saturated rings. The molecule has 4 nitrogen and oxygen atoms in total. The van der Waals surface area contributed by atoms with Crippen LogP contribution in [0.1, 0.15) is 6.42 Å². The molecule has 0 aromatic heterocycles. The number of nitrogens with two attached hydrogens (primary N) is 2. The topological polar surface area (TPSA) is 86.2 Å². The Labute approximate surface area is 52.2 Å². The predicted octanol–water partition coefficient (Wildman–Crippen LogP) is -1.65. The normalized spacial score (nSPS) is 7.11. The van der Waals surface area contributed by atoms with E-state index in [1.165, 1.54) is 0 Å². The van der Waals surface area contributed by atoms with Crippen LogP contribution in [0, 0.1) is 11.8 Å². The van der Waals surface area contributed by atoms with E-state index in [0.717, 1.165) is 0 Å². The zero-order chi connectivity index (χ0) is 7.28. The Morgan fingerprint density at radius 3 is 2.22 bits per heavy atom. The number of carbonyl (C=O) groups excluding carboxylic acids is 2. The van der Waals surface area contributed by atoms with Gasteiger partial charge in [0.1, 0.15) is 0 Å². The van der Waals surface area contributed by atoms with E-state index in [2.05, 4.69) is 17.4 Å². The molecule has 0 aromatic rings. The molecule has 0 saturated heterocycles. The molecule has 0 radical (unpaired) electrons. The number of carbonyl (C=O) groups is 2. The van der Waals surface area contributed by atoms with Gasteiger partial charge in [0, 0.05) is 0 Å². The highest BCUT2D eigenvalue weighted by molar-refractivity contribution is 5.92. The van der Waals surface area contributed by atoms with Gasteiger partial charge in [0.05, 0.1) is 6.42 Å². The molecule has 0 aromatic carbocycles. The smallest absolute Gasteiger partial charge is 0.293 e. The molecular formula is C5H6N2O2. The van der Waals surface area contributed by atoms with Gasteiger partial charge in [0.2, 0.25) is 5.91 Å². The second kappa shape index (κ2) is 3.50. The quantitative estimate of drug-likeness (QED) is 0.412. The fourth-order valence-electron chi connectivity index (χ4n) is 0.218. The zero-order valence-corrected chi connectivity index (χ0v) is 4.68. The van der Waals surface area contributed by atoms with Gasteiger partial charge in [-0.05, 0) is 5.92 Å². The van der Waals surface area contributed by atoms with E-state index >= 15 is 0 Å². The van der Waals surface area contributed by atoms with Gasteiger partial charge in [-0.2, -0.15) is 0 Å². The second-order valence-electron chi connectivity index (χ2n) is 1.31. The number of hydrogen-bond donors (Lipinski definition) is 2. The third-order valence-electron chi connectivity index (χ3n) is 0.474. The summed E-state index contributed by atoms with van der Waals surface area (Å²) in [5.74, 6) is 2.83. The number of amides is 2. The highest BCUT2D eigenvalue weighted by Gasteiger charge is 1.85. The van der Waals surface area contributed by atoms with E-state index in [0.29, 0.717) is 0 Å². The number of hydrogen-bond acceptors (Lipinski definition) is 2. The van der Waals surface area contributed by atoms with Crippen LogP contribution in [-0.4, -0.2) is 11.8 Å². The molecule has 4 N–H and O–H groups in total. The first kappa shape index (κ1) is 7.50. The lowest BCUT2D eigenvalue weighted by atomic mass is 10.4. The van der Waals surface area contributed by atoms with Crippen molar-refractivity contribution >= 4 is 11.8 Å². The molecule has 0 atom stereocenters. The molecule has 0 aliphatic rings. The van der Waals surface area contributed by atoms with Gasteiger partial charge in [0.25, 0.3) is 5.91 Å². The van der Waals surface area contributed by atoms with E-state index < -0.39 is 11.8 Å². The lowest BCUT2D eigenvalue weighted by molar-refractivity contribution is -0.117. The van der Waals surface area contributed by atoms with Crippen LogP contribution in [0.15, 0.2) is 0 Å². The van der Waals surface area contributed by atoms with Crippen molar-refractivity contribution in [2.24, 2.45) is 11.5 Å². The van der Waals surface area contributed by atoms with Gasteiger partial charge < -0.3 is 11.5 Å². The van der Waals surface area contributed by atoms with E-state index in [-0.39, 0.29) is 6.42 Å². The average molecular weight is 126 g/mol. The first-order valence-corrected chi connectivity index (χ1v) is 2.19. The third-order valence-corrected chi connectivity index (χ3v) is 0.474. The fourth-order valence-corrected chi connectivity index (χ4v) is 0.218. The summed E-state index contributed by atoms with van der Waals surface area (Å²) in [4.78, 5) is 19.8. The summed E-state index contributed by atoms with van der Waals surface area (Å²) < 4.78 is 0. The monoisotopic (exact) mass is 126 g/mol. The molecule has 2 amide bonds. The maximum atomic E-state index is 9.95. The van der Waals surface area contributed by atoms with Crippen LogP contribution in [-0.2, 0) is 9.59 Å². The molecule has 0 heterocycles. The van der Waals surface area contributed by atoms with Crippen LogP contribution in [0.3, 0.4) is 0 Å². The minimum atomic E-state index is -0.753. The van der Waals surface area contributed by atoms with E-state index in [1.807, 2.05) is 5.92 Å². The standard InChI is InChI=1S/C5H6N2O2/c6-4(8)2-1-3-5(7)9/h2H2,(H2,6,8)(H2,7,9). The SMILES string of the molecule is NC(=O)C#CCC(N)=O. The lowest BCUT2D eigenvalue weighted by Crippen LogP contribution is -2.10. The summed E-state index contributed by atoms with van der Waals surface area (Å²) >= 11 is 0. The Balaban J connectivity index is 3.63. The minimum Gasteiger partial charge on any atom is -0.369 e. The molecule has 0 spiro atoms. The largest absolute Gasteiger partial charge is 0.369 e. The second-order valence-corrected chi connectivity index (χ2v) is 1.31. The Morgan fingerprint density at radius 2 is 1.89 bits per heavy atom. The van der Waals surface area contributed by atoms with Crippen LogP contribution < -0.4 is 11.5 Å². The Kier molecular flexibility index (Phi) is 2.91. The molecule has 48 valence electrons.